The van der Waals surface area contributed by atoms with Crippen molar-refractivity contribution in [1.29, 1.82) is 0 Å². The largest absolute Gasteiger partial charge is 0.493 e. The van der Waals surface area contributed by atoms with Crippen LogP contribution >= 0.6 is 23.2 Å². The number of esters is 1. The standard InChI is InChI=1S/C18H13Cl2NO4/c1-23-15-5-3-4-10(16(15)24-2)8-14-18(22)25-17(21-14)12-9-11(19)6-7-13(12)20/h3-9H,1-2H3/b14-8+. The molecule has 1 heterocycles. The van der Waals surface area contributed by atoms with Crippen LogP contribution in [0.5, 0.6) is 11.5 Å². The lowest BCUT2D eigenvalue weighted by atomic mass is 10.1. The number of cyclic esters (lactones) is 1. The summed E-state index contributed by atoms with van der Waals surface area (Å²) in [5.74, 6) is 0.557. The number of benzene rings is 2. The van der Waals surface area contributed by atoms with Crippen LogP contribution in [-0.2, 0) is 9.53 Å². The number of para-hydroxylation sites is 1. The summed E-state index contributed by atoms with van der Waals surface area (Å²) in [5, 5.41) is 0.848. The van der Waals surface area contributed by atoms with Gasteiger partial charge in [0.05, 0.1) is 24.8 Å². The maximum Gasteiger partial charge on any atom is 0.363 e. The van der Waals surface area contributed by atoms with Gasteiger partial charge >= 0.3 is 5.97 Å². The third-order valence-corrected chi connectivity index (χ3v) is 4.07. The van der Waals surface area contributed by atoms with Gasteiger partial charge in [-0.3, -0.25) is 0 Å². The van der Waals surface area contributed by atoms with Crippen LogP contribution in [0.4, 0.5) is 0 Å². The molecule has 7 heteroatoms. The molecule has 0 aromatic heterocycles. The van der Waals surface area contributed by atoms with Gasteiger partial charge in [0.1, 0.15) is 0 Å². The zero-order valence-electron chi connectivity index (χ0n) is 13.4. The fraction of sp³-hybridized carbons (Fsp3) is 0.111. The van der Waals surface area contributed by atoms with E-state index in [1.807, 2.05) is 0 Å². The molecule has 0 bridgehead atoms. The Bertz CT molecular complexity index is 906. The van der Waals surface area contributed by atoms with Gasteiger partial charge in [-0.2, -0.15) is 0 Å². The molecule has 2 aromatic carbocycles. The van der Waals surface area contributed by atoms with Gasteiger partial charge in [0.25, 0.3) is 0 Å². The molecule has 3 rings (SSSR count). The summed E-state index contributed by atoms with van der Waals surface area (Å²) >= 11 is 12.1. The number of carbonyl (C=O) groups excluding carboxylic acids is 1. The number of aliphatic imine (C=N–C) groups is 1. The molecule has 0 saturated carbocycles. The Morgan fingerprint density at radius 3 is 2.64 bits per heavy atom. The average Bonchev–Trinajstić information content (AvgIpc) is 2.97. The number of nitrogens with zero attached hydrogens (tertiary/aromatic N) is 1. The van der Waals surface area contributed by atoms with E-state index in [2.05, 4.69) is 4.99 Å². The summed E-state index contributed by atoms with van der Waals surface area (Å²) in [6.07, 6.45) is 1.56. The van der Waals surface area contributed by atoms with E-state index in [9.17, 15) is 4.79 Å². The molecule has 0 saturated heterocycles. The maximum absolute atomic E-state index is 12.2. The highest BCUT2D eigenvalue weighted by molar-refractivity contribution is 6.36. The smallest absolute Gasteiger partial charge is 0.363 e. The first kappa shape index (κ1) is 17.3. The summed E-state index contributed by atoms with van der Waals surface area (Å²) in [6.45, 7) is 0. The summed E-state index contributed by atoms with van der Waals surface area (Å²) in [7, 11) is 3.06. The SMILES string of the molecule is COc1cccc(/C=C2/N=C(c3cc(Cl)ccc3Cl)OC2=O)c1OC. The molecule has 1 aliphatic heterocycles. The Kier molecular flexibility index (Phi) is 4.97. The Hall–Kier alpha value is -2.50. The third-order valence-electron chi connectivity index (χ3n) is 3.50. The molecule has 0 fully saturated rings. The van der Waals surface area contributed by atoms with E-state index >= 15 is 0 Å². The number of methoxy groups -OCH3 is 2. The lowest BCUT2D eigenvalue weighted by Gasteiger charge is -2.09. The first-order chi connectivity index (χ1) is 12.0. The van der Waals surface area contributed by atoms with Gasteiger partial charge in [0.15, 0.2) is 17.2 Å². The van der Waals surface area contributed by atoms with Crippen LogP contribution in [-0.4, -0.2) is 26.1 Å². The zero-order valence-corrected chi connectivity index (χ0v) is 14.9. The fourth-order valence-electron chi connectivity index (χ4n) is 2.36. The number of hydrogen-bond donors (Lipinski definition) is 0. The molecular formula is C18H13Cl2NO4. The molecule has 0 N–H and O–H groups in total. The average molecular weight is 378 g/mol. The minimum absolute atomic E-state index is 0.102. The van der Waals surface area contributed by atoms with Crippen LogP contribution in [0.3, 0.4) is 0 Å². The maximum atomic E-state index is 12.2. The van der Waals surface area contributed by atoms with Crippen LogP contribution in [0.1, 0.15) is 11.1 Å². The van der Waals surface area contributed by atoms with Crippen molar-refractivity contribution >= 4 is 41.1 Å². The predicted octanol–water partition coefficient (Wildman–Crippen LogP) is 4.36. The predicted molar refractivity (Wildman–Crippen MR) is 96.6 cm³/mol. The van der Waals surface area contributed by atoms with Crippen LogP contribution in [0.25, 0.3) is 6.08 Å². The third kappa shape index (κ3) is 3.48. The normalized spacial score (nSPS) is 15.1. The van der Waals surface area contributed by atoms with Crippen molar-refractivity contribution in [3.05, 3.63) is 63.3 Å². The molecule has 2 aromatic rings. The van der Waals surface area contributed by atoms with E-state index in [0.717, 1.165) is 0 Å². The molecule has 5 nitrogen and oxygen atoms in total. The van der Waals surface area contributed by atoms with Crippen molar-refractivity contribution in [3.8, 4) is 11.5 Å². The van der Waals surface area contributed by atoms with E-state index < -0.39 is 5.97 Å². The van der Waals surface area contributed by atoms with Gasteiger partial charge in [0.2, 0.25) is 5.90 Å². The first-order valence-corrected chi connectivity index (χ1v) is 7.98. The van der Waals surface area contributed by atoms with Crippen molar-refractivity contribution in [2.75, 3.05) is 14.2 Å². The molecule has 0 unspecified atom stereocenters. The second-order valence-corrected chi connectivity index (χ2v) is 5.89. The second-order valence-electron chi connectivity index (χ2n) is 5.04. The summed E-state index contributed by atoms with van der Waals surface area (Å²) < 4.78 is 15.8. The molecule has 0 amide bonds. The van der Waals surface area contributed by atoms with E-state index in [1.54, 1.807) is 42.5 Å². The van der Waals surface area contributed by atoms with E-state index in [-0.39, 0.29) is 11.6 Å². The minimum atomic E-state index is -0.587. The van der Waals surface area contributed by atoms with Gasteiger partial charge < -0.3 is 14.2 Å². The van der Waals surface area contributed by atoms with Crippen LogP contribution < -0.4 is 9.47 Å². The molecule has 0 atom stereocenters. The van der Waals surface area contributed by atoms with Crippen LogP contribution in [0.15, 0.2) is 47.1 Å². The van der Waals surface area contributed by atoms with Gasteiger partial charge in [-0.25, -0.2) is 9.79 Å². The van der Waals surface area contributed by atoms with Crippen LogP contribution in [0, 0.1) is 0 Å². The molecule has 128 valence electrons. The Morgan fingerprint density at radius 2 is 1.92 bits per heavy atom. The highest BCUT2D eigenvalue weighted by Crippen LogP contribution is 2.33. The molecule has 25 heavy (non-hydrogen) atoms. The van der Waals surface area contributed by atoms with Crippen LogP contribution in [0.2, 0.25) is 10.0 Å². The number of ether oxygens (including phenoxy) is 3. The quantitative estimate of drug-likeness (QED) is 0.586. The van der Waals surface area contributed by atoms with E-state index in [1.165, 1.54) is 14.2 Å². The molecular weight excluding hydrogens is 365 g/mol. The highest BCUT2D eigenvalue weighted by atomic mass is 35.5. The van der Waals surface area contributed by atoms with E-state index in [0.29, 0.717) is 32.7 Å². The Morgan fingerprint density at radius 1 is 1.12 bits per heavy atom. The van der Waals surface area contributed by atoms with Crippen molar-refractivity contribution in [1.82, 2.24) is 0 Å². The van der Waals surface area contributed by atoms with Gasteiger partial charge in [-0.15, -0.1) is 0 Å². The van der Waals surface area contributed by atoms with Crippen molar-refractivity contribution < 1.29 is 19.0 Å². The number of hydrogen-bond acceptors (Lipinski definition) is 5. The fourth-order valence-corrected chi connectivity index (χ4v) is 2.73. The number of halogens is 2. The lowest BCUT2D eigenvalue weighted by molar-refractivity contribution is -0.129. The van der Waals surface area contributed by atoms with Gasteiger partial charge in [-0.05, 0) is 30.3 Å². The lowest BCUT2D eigenvalue weighted by Crippen LogP contribution is -2.06. The van der Waals surface area contributed by atoms with Gasteiger partial charge in [-0.1, -0.05) is 35.3 Å². The first-order valence-electron chi connectivity index (χ1n) is 7.22. The monoisotopic (exact) mass is 377 g/mol. The molecule has 0 aliphatic carbocycles. The zero-order chi connectivity index (χ0) is 18.0. The summed E-state index contributed by atoms with van der Waals surface area (Å²) in [5.41, 5.74) is 1.21. The molecule has 0 spiro atoms. The summed E-state index contributed by atoms with van der Waals surface area (Å²) in [6, 6.07) is 10.2. The number of rotatable bonds is 4. The van der Waals surface area contributed by atoms with Crippen molar-refractivity contribution in [2.24, 2.45) is 4.99 Å². The molecule has 0 radical (unpaired) electrons. The topological polar surface area (TPSA) is 57.1 Å². The second kappa shape index (κ2) is 7.17. The summed E-state index contributed by atoms with van der Waals surface area (Å²) in [4.78, 5) is 16.4. The molecule has 1 aliphatic rings. The Labute approximate surface area is 154 Å². The highest BCUT2D eigenvalue weighted by Gasteiger charge is 2.26. The van der Waals surface area contributed by atoms with Gasteiger partial charge in [0, 0.05) is 10.6 Å². The minimum Gasteiger partial charge on any atom is -0.493 e. The van der Waals surface area contributed by atoms with Crippen molar-refractivity contribution in [3.63, 3.8) is 0 Å². The number of carbonyl (C=O) groups is 1. The van der Waals surface area contributed by atoms with E-state index in [4.69, 9.17) is 37.4 Å². The van der Waals surface area contributed by atoms with Crippen molar-refractivity contribution in [2.45, 2.75) is 0 Å². The Balaban J connectivity index is 2.04.